The van der Waals surface area contributed by atoms with Gasteiger partial charge in [-0.15, -0.1) is 0 Å². The van der Waals surface area contributed by atoms with Gasteiger partial charge in [0.25, 0.3) is 0 Å². The second-order valence-electron chi connectivity index (χ2n) is 5.93. The van der Waals surface area contributed by atoms with E-state index < -0.39 is 11.8 Å². The summed E-state index contributed by atoms with van der Waals surface area (Å²) in [6.45, 7) is 5.75. The zero-order valence-electron chi connectivity index (χ0n) is 14.4. The molecule has 2 rings (SSSR count). The van der Waals surface area contributed by atoms with Gasteiger partial charge in [-0.1, -0.05) is 17.7 Å². The van der Waals surface area contributed by atoms with Gasteiger partial charge in [0.15, 0.2) is 0 Å². The summed E-state index contributed by atoms with van der Waals surface area (Å²) in [5, 5.41) is 5.89. The Labute approximate surface area is 152 Å². The number of amides is 2. The molecule has 0 unspecified atom stereocenters. The van der Waals surface area contributed by atoms with Crippen LogP contribution in [-0.4, -0.2) is 17.9 Å². The van der Waals surface area contributed by atoms with Crippen molar-refractivity contribution in [1.82, 2.24) is 0 Å². The lowest BCUT2D eigenvalue weighted by molar-refractivity contribution is -0.123. The average Bonchev–Trinajstić information content (AvgIpc) is 2.52. The minimum atomic E-state index is -0.405. The van der Waals surface area contributed by atoms with Crippen LogP contribution < -0.4 is 15.4 Å². The maximum atomic E-state index is 12.0. The largest absolute Gasteiger partial charge is 0.491 e. The topological polar surface area (TPSA) is 67.4 Å². The first-order valence-electron chi connectivity index (χ1n) is 7.96. The Morgan fingerprint density at radius 2 is 1.56 bits per heavy atom. The van der Waals surface area contributed by atoms with E-state index in [1.807, 2.05) is 20.8 Å². The number of hydrogen-bond donors (Lipinski definition) is 2. The molecule has 0 spiro atoms. The first-order chi connectivity index (χ1) is 11.8. The van der Waals surface area contributed by atoms with Gasteiger partial charge in [0.05, 0.1) is 6.10 Å². The van der Waals surface area contributed by atoms with Gasteiger partial charge >= 0.3 is 0 Å². The number of hydrogen-bond acceptors (Lipinski definition) is 3. The standard InChI is InChI=1S/C19H21ClN2O3/c1-12(2)25-16-8-6-14(7-9-16)21-18(23)11-19(24)22-15-5-4-13(3)17(20)10-15/h4-10,12H,11H2,1-3H3,(H,21,23)(H,22,24). The van der Waals surface area contributed by atoms with Crippen molar-refractivity contribution in [3.8, 4) is 5.75 Å². The zero-order chi connectivity index (χ0) is 18.4. The molecular formula is C19H21ClN2O3. The lowest BCUT2D eigenvalue weighted by Gasteiger charge is -2.11. The third-order valence-electron chi connectivity index (χ3n) is 3.29. The molecule has 2 aromatic rings. The molecule has 2 N–H and O–H groups in total. The lowest BCUT2D eigenvalue weighted by atomic mass is 10.2. The molecule has 2 amide bonds. The smallest absolute Gasteiger partial charge is 0.233 e. The van der Waals surface area contributed by atoms with E-state index in [1.54, 1.807) is 42.5 Å². The van der Waals surface area contributed by atoms with E-state index in [-0.39, 0.29) is 12.5 Å². The summed E-state index contributed by atoms with van der Waals surface area (Å²) in [4.78, 5) is 23.9. The third-order valence-corrected chi connectivity index (χ3v) is 3.69. The van der Waals surface area contributed by atoms with Crippen molar-refractivity contribution >= 4 is 34.8 Å². The Kier molecular flexibility index (Phi) is 6.42. The monoisotopic (exact) mass is 360 g/mol. The van der Waals surface area contributed by atoms with Crippen LogP contribution in [-0.2, 0) is 9.59 Å². The molecule has 2 aromatic carbocycles. The van der Waals surface area contributed by atoms with Crippen molar-refractivity contribution < 1.29 is 14.3 Å². The summed E-state index contributed by atoms with van der Waals surface area (Å²) in [6, 6.07) is 12.2. The maximum Gasteiger partial charge on any atom is 0.233 e. The highest BCUT2D eigenvalue weighted by Crippen LogP contribution is 2.20. The molecule has 0 aliphatic rings. The number of nitrogens with one attached hydrogen (secondary N) is 2. The van der Waals surface area contributed by atoms with Crippen LogP contribution in [0.25, 0.3) is 0 Å². The number of benzene rings is 2. The molecule has 0 atom stereocenters. The third kappa shape index (κ3) is 6.12. The van der Waals surface area contributed by atoms with Crippen LogP contribution in [0.15, 0.2) is 42.5 Å². The predicted molar refractivity (Wildman–Crippen MR) is 100 cm³/mol. The van der Waals surface area contributed by atoms with Gasteiger partial charge in [-0.3, -0.25) is 9.59 Å². The second-order valence-corrected chi connectivity index (χ2v) is 6.34. The SMILES string of the molecule is Cc1ccc(NC(=O)CC(=O)Nc2ccc(OC(C)C)cc2)cc1Cl. The number of carbonyl (C=O) groups is 2. The number of rotatable bonds is 6. The summed E-state index contributed by atoms with van der Waals surface area (Å²) in [5.74, 6) is -0.0765. The fourth-order valence-corrected chi connectivity index (χ4v) is 2.30. The minimum absolute atomic E-state index is 0.0828. The molecular weight excluding hydrogens is 340 g/mol. The van der Waals surface area contributed by atoms with Crippen molar-refractivity contribution in [2.45, 2.75) is 33.3 Å². The summed E-state index contributed by atoms with van der Waals surface area (Å²) < 4.78 is 5.54. The number of halogens is 1. The number of aryl methyl sites for hydroxylation is 1. The first kappa shape index (κ1) is 18.8. The van der Waals surface area contributed by atoms with Crippen LogP contribution in [0.3, 0.4) is 0 Å². The molecule has 0 aliphatic carbocycles. The van der Waals surface area contributed by atoms with Gasteiger partial charge in [0.1, 0.15) is 12.2 Å². The van der Waals surface area contributed by atoms with Crippen LogP contribution in [0.4, 0.5) is 11.4 Å². The molecule has 25 heavy (non-hydrogen) atoms. The van der Waals surface area contributed by atoms with E-state index in [0.29, 0.717) is 16.4 Å². The molecule has 0 fully saturated rings. The predicted octanol–water partition coefficient (Wildman–Crippen LogP) is 4.40. The Morgan fingerprint density at radius 1 is 1.00 bits per heavy atom. The van der Waals surface area contributed by atoms with Crippen molar-refractivity contribution in [1.29, 1.82) is 0 Å². The van der Waals surface area contributed by atoms with Gasteiger partial charge in [-0.2, -0.15) is 0 Å². The quantitative estimate of drug-likeness (QED) is 0.750. The van der Waals surface area contributed by atoms with Crippen LogP contribution in [0.1, 0.15) is 25.8 Å². The fourth-order valence-electron chi connectivity index (χ4n) is 2.12. The highest BCUT2D eigenvalue weighted by molar-refractivity contribution is 6.31. The van der Waals surface area contributed by atoms with E-state index >= 15 is 0 Å². The molecule has 0 heterocycles. The Bertz CT molecular complexity index is 758. The first-order valence-corrected chi connectivity index (χ1v) is 8.34. The van der Waals surface area contributed by atoms with Gasteiger partial charge in [-0.05, 0) is 62.7 Å². The van der Waals surface area contributed by atoms with Crippen molar-refractivity contribution in [2.24, 2.45) is 0 Å². The van der Waals surface area contributed by atoms with Crippen molar-refractivity contribution in [3.05, 3.63) is 53.1 Å². The van der Waals surface area contributed by atoms with Crippen molar-refractivity contribution in [3.63, 3.8) is 0 Å². The molecule has 0 saturated heterocycles. The summed E-state index contributed by atoms with van der Waals surface area (Å²) in [7, 11) is 0. The fraction of sp³-hybridized carbons (Fsp3) is 0.263. The summed E-state index contributed by atoms with van der Waals surface area (Å²) in [6.07, 6.45) is -0.199. The number of carbonyl (C=O) groups excluding carboxylic acids is 2. The molecule has 0 radical (unpaired) electrons. The van der Waals surface area contributed by atoms with Gasteiger partial charge in [0.2, 0.25) is 11.8 Å². The van der Waals surface area contributed by atoms with Gasteiger partial charge < -0.3 is 15.4 Å². The lowest BCUT2D eigenvalue weighted by Crippen LogP contribution is -2.21. The normalized spacial score (nSPS) is 10.4. The van der Waals surface area contributed by atoms with E-state index in [2.05, 4.69) is 10.6 Å². The van der Waals surface area contributed by atoms with Crippen LogP contribution in [0, 0.1) is 6.92 Å². The molecule has 0 saturated carbocycles. The van der Waals surface area contributed by atoms with Crippen LogP contribution in [0.5, 0.6) is 5.75 Å². The van der Waals surface area contributed by atoms with Gasteiger partial charge in [-0.25, -0.2) is 0 Å². The Balaban J connectivity index is 1.86. The molecule has 0 aromatic heterocycles. The Hall–Kier alpha value is -2.53. The molecule has 0 aliphatic heterocycles. The zero-order valence-corrected chi connectivity index (χ0v) is 15.2. The van der Waals surface area contributed by atoms with E-state index in [1.165, 1.54) is 0 Å². The van der Waals surface area contributed by atoms with Gasteiger partial charge in [0, 0.05) is 16.4 Å². The molecule has 0 bridgehead atoms. The maximum absolute atomic E-state index is 12.0. The number of anilines is 2. The van der Waals surface area contributed by atoms with Crippen molar-refractivity contribution in [2.75, 3.05) is 10.6 Å². The minimum Gasteiger partial charge on any atom is -0.491 e. The summed E-state index contributed by atoms with van der Waals surface area (Å²) in [5.41, 5.74) is 2.08. The number of ether oxygens (including phenoxy) is 1. The molecule has 132 valence electrons. The average molecular weight is 361 g/mol. The summed E-state index contributed by atoms with van der Waals surface area (Å²) >= 11 is 6.01. The highest BCUT2D eigenvalue weighted by Gasteiger charge is 2.11. The van der Waals surface area contributed by atoms with E-state index in [4.69, 9.17) is 16.3 Å². The van der Waals surface area contributed by atoms with E-state index in [9.17, 15) is 9.59 Å². The second kappa shape index (κ2) is 8.53. The van der Waals surface area contributed by atoms with E-state index in [0.717, 1.165) is 11.3 Å². The molecule has 5 nitrogen and oxygen atoms in total. The Morgan fingerprint density at radius 3 is 2.12 bits per heavy atom. The van der Waals surface area contributed by atoms with Crippen LogP contribution >= 0.6 is 11.6 Å². The molecule has 6 heteroatoms. The van der Waals surface area contributed by atoms with Crippen LogP contribution in [0.2, 0.25) is 5.02 Å². The highest BCUT2D eigenvalue weighted by atomic mass is 35.5.